The van der Waals surface area contributed by atoms with Crippen LogP contribution in [0.25, 0.3) is 0 Å². The molecule has 5 rings (SSSR count). The highest BCUT2D eigenvalue weighted by Crippen LogP contribution is 2.52. The number of esters is 1. The van der Waals surface area contributed by atoms with Gasteiger partial charge in [0.2, 0.25) is 0 Å². The van der Waals surface area contributed by atoms with E-state index in [1.165, 1.54) is 0 Å². The van der Waals surface area contributed by atoms with Gasteiger partial charge in [-0.15, -0.1) is 0 Å². The lowest BCUT2D eigenvalue weighted by molar-refractivity contribution is -0.362. The molecule has 5 aliphatic rings. The van der Waals surface area contributed by atoms with Crippen LogP contribution in [0.15, 0.2) is 36.5 Å². The second-order valence-corrected chi connectivity index (χ2v) is 11.3. The molecule has 0 spiro atoms. The summed E-state index contributed by atoms with van der Waals surface area (Å²) >= 11 is 0. The number of ether oxygens (including phenoxy) is 5. The predicted octanol–water partition coefficient (Wildman–Crippen LogP) is -2.36. The maximum atomic E-state index is 12.1. The zero-order valence-corrected chi connectivity index (χ0v) is 21.9. The number of rotatable bonds is 6. The molecule has 0 aromatic heterocycles. The van der Waals surface area contributed by atoms with Crippen LogP contribution in [-0.4, -0.2) is 129 Å². The lowest BCUT2D eigenvalue weighted by Gasteiger charge is -2.46. The van der Waals surface area contributed by atoms with Crippen LogP contribution in [0.3, 0.4) is 0 Å². The lowest BCUT2D eigenvalue weighted by Crippen LogP contribution is -2.65. The molecule has 0 aromatic carbocycles. The van der Waals surface area contributed by atoms with Gasteiger partial charge in [0.1, 0.15) is 54.9 Å². The van der Waals surface area contributed by atoms with Gasteiger partial charge in [-0.25, -0.2) is 4.79 Å². The molecule has 0 bridgehead atoms. The molecule has 13 nitrogen and oxygen atoms in total. The Balaban J connectivity index is 1.30. The molecule has 0 radical (unpaired) electrons. The summed E-state index contributed by atoms with van der Waals surface area (Å²) in [4.78, 5) is 12.1. The van der Waals surface area contributed by atoms with E-state index in [1.807, 2.05) is 0 Å². The molecular formula is C27H38O13. The lowest BCUT2D eigenvalue weighted by atomic mass is 9.83. The van der Waals surface area contributed by atoms with Gasteiger partial charge in [0, 0.05) is 17.9 Å². The number of aliphatic hydroxyl groups excluding tert-OH is 7. The third kappa shape index (κ3) is 5.07. The van der Waals surface area contributed by atoms with Crippen LogP contribution in [0.5, 0.6) is 0 Å². The van der Waals surface area contributed by atoms with E-state index >= 15 is 0 Å². The van der Waals surface area contributed by atoms with E-state index in [0.717, 1.165) is 5.57 Å². The number of hydrogen-bond donors (Lipinski definition) is 7. The van der Waals surface area contributed by atoms with Crippen molar-refractivity contribution in [2.24, 2.45) is 17.8 Å². The van der Waals surface area contributed by atoms with Crippen LogP contribution < -0.4 is 0 Å². The van der Waals surface area contributed by atoms with Gasteiger partial charge >= 0.3 is 5.97 Å². The fourth-order valence-electron chi connectivity index (χ4n) is 6.61. The third-order valence-corrected chi connectivity index (χ3v) is 9.02. The summed E-state index contributed by atoms with van der Waals surface area (Å²) < 4.78 is 28.3. The van der Waals surface area contributed by atoms with Crippen LogP contribution in [0.2, 0.25) is 0 Å². The van der Waals surface area contributed by atoms with Crippen LogP contribution >= 0.6 is 0 Å². The molecule has 40 heavy (non-hydrogen) atoms. The number of hydrogen-bond acceptors (Lipinski definition) is 13. The summed E-state index contributed by atoms with van der Waals surface area (Å²) in [6, 6.07) is 0. The van der Waals surface area contributed by atoms with E-state index in [4.69, 9.17) is 23.7 Å². The number of carbonyl (C=O) groups is 1. The van der Waals surface area contributed by atoms with Crippen molar-refractivity contribution >= 4 is 5.97 Å². The zero-order chi connectivity index (χ0) is 29.0. The third-order valence-electron chi connectivity index (χ3n) is 9.02. The molecular weight excluding hydrogens is 532 g/mol. The Labute approximate surface area is 230 Å². The summed E-state index contributed by atoms with van der Waals surface area (Å²) in [7, 11) is 0. The number of aliphatic hydroxyl groups is 7. The zero-order valence-electron chi connectivity index (χ0n) is 21.9. The Hall–Kier alpha value is -1.75. The first-order valence-corrected chi connectivity index (χ1v) is 13.5. The summed E-state index contributed by atoms with van der Waals surface area (Å²) in [5, 5.41) is 71.7. The van der Waals surface area contributed by atoms with E-state index in [1.54, 1.807) is 0 Å². The van der Waals surface area contributed by atoms with Crippen molar-refractivity contribution in [3.05, 3.63) is 36.5 Å². The van der Waals surface area contributed by atoms with Crippen LogP contribution in [-0.2, 0) is 28.5 Å². The van der Waals surface area contributed by atoms with Crippen molar-refractivity contribution in [2.45, 2.75) is 92.9 Å². The van der Waals surface area contributed by atoms with E-state index in [2.05, 4.69) is 19.7 Å². The van der Waals surface area contributed by atoms with Crippen molar-refractivity contribution in [1.29, 1.82) is 0 Å². The molecule has 0 amide bonds. The minimum absolute atomic E-state index is 0.0178. The van der Waals surface area contributed by atoms with Crippen molar-refractivity contribution in [2.75, 3.05) is 13.2 Å². The van der Waals surface area contributed by atoms with Gasteiger partial charge in [-0.1, -0.05) is 25.3 Å². The van der Waals surface area contributed by atoms with Crippen molar-refractivity contribution < 1.29 is 64.2 Å². The first kappa shape index (κ1) is 29.7. The molecule has 15 atom stereocenters. The normalized spacial score (nSPS) is 49.4. The van der Waals surface area contributed by atoms with Gasteiger partial charge in [-0.3, -0.25) is 0 Å². The Morgan fingerprint density at radius 1 is 0.750 bits per heavy atom. The van der Waals surface area contributed by atoms with Crippen molar-refractivity contribution in [3.63, 3.8) is 0 Å². The van der Waals surface area contributed by atoms with Crippen molar-refractivity contribution in [3.8, 4) is 0 Å². The topological polar surface area (TPSA) is 205 Å². The summed E-state index contributed by atoms with van der Waals surface area (Å²) in [6.07, 6.45) is -14.8. The van der Waals surface area contributed by atoms with Gasteiger partial charge in [-0.05, 0) is 30.3 Å². The molecule has 2 saturated carbocycles. The maximum Gasteiger partial charge on any atom is 0.334 e. The van der Waals surface area contributed by atoms with Crippen LogP contribution in [0, 0.1) is 17.8 Å². The molecule has 2 aliphatic carbocycles. The molecule has 3 heterocycles. The minimum Gasteiger partial charge on any atom is -0.458 e. The average molecular weight is 571 g/mol. The minimum atomic E-state index is -1.77. The quantitative estimate of drug-likeness (QED) is 0.102. The predicted molar refractivity (Wildman–Crippen MR) is 133 cm³/mol. The fourth-order valence-corrected chi connectivity index (χ4v) is 6.61. The van der Waals surface area contributed by atoms with Crippen LogP contribution in [0.1, 0.15) is 19.3 Å². The summed E-state index contributed by atoms with van der Waals surface area (Å²) in [5.74, 6) is -0.678. The van der Waals surface area contributed by atoms with Crippen molar-refractivity contribution in [1.82, 2.24) is 0 Å². The first-order valence-electron chi connectivity index (χ1n) is 13.5. The van der Waals surface area contributed by atoms with E-state index in [0.29, 0.717) is 30.4 Å². The molecule has 5 fully saturated rings. The van der Waals surface area contributed by atoms with Crippen LogP contribution in [0.4, 0.5) is 0 Å². The standard InChI is InChI=1S/C27H38O13/c1-9-4-16-14(11(3)25(35)36-16)5-13-10(2)15(6-12(9)13)37-27-23(34)24(20(31)18(8-29)39-27)40-26-22(33)21(32)19(30)17(7-28)38-26/h12-24,26-34H,1-8H2/t12-,13-,14+,15-,16-,17+,18-,19+,20+,21-,22-,23+,24-,26-,27+/m0/s1. The van der Waals surface area contributed by atoms with Gasteiger partial charge < -0.3 is 59.4 Å². The van der Waals surface area contributed by atoms with E-state index in [-0.39, 0.29) is 23.9 Å². The molecule has 224 valence electrons. The highest BCUT2D eigenvalue weighted by Gasteiger charge is 2.53. The molecule has 3 aliphatic heterocycles. The molecule has 3 saturated heterocycles. The molecule has 13 heteroatoms. The smallest absolute Gasteiger partial charge is 0.334 e. The second kappa shape index (κ2) is 11.5. The number of carbonyl (C=O) groups excluding carboxylic acids is 1. The monoisotopic (exact) mass is 570 g/mol. The highest BCUT2D eigenvalue weighted by atomic mass is 16.7. The van der Waals surface area contributed by atoms with Gasteiger partial charge in [0.05, 0.1) is 19.3 Å². The largest absolute Gasteiger partial charge is 0.458 e. The second-order valence-electron chi connectivity index (χ2n) is 11.3. The summed E-state index contributed by atoms with van der Waals surface area (Å²) in [5.41, 5.74) is 2.03. The van der Waals surface area contributed by atoms with Gasteiger partial charge in [0.15, 0.2) is 12.6 Å². The SMILES string of the molecule is C=C1C(=O)O[C@H]2CC(=C)[C@@H]3C[C@H](O[C@@H]4O[C@@H](CO)[C@@H](O)[C@H](O[C@@H]5O[C@H](CO)[C@@H](O)[C@H](O)[C@@H]5O)[C@H]4O)C(=C)[C@@H]3C[C@H]12. The van der Waals surface area contributed by atoms with E-state index in [9.17, 15) is 40.5 Å². The maximum absolute atomic E-state index is 12.1. The Bertz CT molecular complexity index is 1010. The fraction of sp³-hybridized carbons (Fsp3) is 0.741. The number of fused-ring (bicyclic) bond motifs is 2. The van der Waals surface area contributed by atoms with Gasteiger partial charge in [-0.2, -0.15) is 0 Å². The van der Waals surface area contributed by atoms with Gasteiger partial charge in [0.25, 0.3) is 0 Å². The van der Waals surface area contributed by atoms with E-state index < -0.39 is 86.7 Å². The summed E-state index contributed by atoms with van der Waals surface area (Å²) in [6.45, 7) is 11.0. The highest BCUT2D eigenvalue weighted by molar-refractivity contribution is 5.90. The molecule has 0 unspecified atom stereocenters. The molecule has 7 N–H and O–H groups in total. The Morgan fingerprint density at radius 3 is 2.02 bits per heavy atom. The average Bonchev–Trinajstić information content (AvgIpc) is 3.32. The Kier molecular flexibility index (Phi) is 8.55. The first-order chi connectivity index (χ1) is 19.0. The molecule has 0 aromatic rings. The Morgan fingerprint density at radius 2 is 1.38 bits per heavy atom.